The Morgan fingerprint density at radius 2 is 2.06 bits per heavy atom. The van der Waals surface area contributed by atoms with E-state index in [1.165, 1.54) is 4.90 Å². The van der Waals surface area contributed by atoms with Crippen molar-refractivity contribution in [2.75, 3.05) is 13.1 Å². The predicted molar refractivity (Wildman–Crippen MR) is 61.6 cm³/mol. The van der Waals surface area contributed by atoms with Crippen LogP contribution in [0.2, 0.25) is 0 Å². The lowest BCUT2D eigenvalue weighted by Crippen LogP contribution is -2.40. The average Bonchev–Trinajstić information content (AvgIpc) is 2.28. The van der Waals surface area contributed by atoms with Gasteiger partial charge in [-0.05, 0) is 32.0 Å². The van der Waals surface area contributed by atoms with E-state index in [-0.39, 0.29) is 18.2 Å². The molecule has 0 fully saturated rings. The molecule has 0 aromatic heterocycles. The molecule has 1 aromatic carbocycles. The molecule has 1 aromatic rings. The summed E-state index contributed by atoms with van der Waals surface area (Å²) in [6.45, 7) is 4.18. The molecule has 2 N–H and O–H groups in total. The number of hydrogen-bond donors (Lipinski definition) is 1. The van der Waals surface area contributed by atoms with Crippen molar-refractivity contribution < 1.29 is 13.6 Å². The van der Waals surface area contributed by atoms with E-state index in [0.717, 1.165) is 18.2 Å². The lowest BCUT2D eigenvalue weighted by Gasteiger charge is -2.26. The summed E-state index contributed by atoms with van der Waals surface area (Å²) in [7, 11) is 0. The lowest BCUT2D eigenvalue weighted by atomic mass is 10.1. The molecule has 0 aliphatic heterocycles. The molecule has 5 heteroatoms. The highest BCUT2D eigenvalue weighted by Crippen LogP contribution is 2.14. The molecule has 0 atom stereocenters. The van der Waals surface area contributed by atoms with E-state index in [9.17, 15) is 13.6 Å². The van der Waals surface area contributed by atoms with Gasteiger partial charge in [-0.25, -0.2) is 8.78 Å². The Bertz CT molecular complexity index is 407. The number of nitrogens with two attached hydrogens (primary N) is 1. The Morgan fingerprint density at radius 3 is 2.59 bits per heavy atom. The molecule has 17 heavy (non-hydrogen) atoms. The van der Waals surface area contributed by atoms with Crippen molar-refractivity contribution in [2.45, 2.75) is 19.9 Å². The maximum absolute atomic E-state index is 13.4. The molecule has 0 heterocycles. The summed E-state index contributed by atoms with van der Waals surface area (Å²) >= 11 is 0. The normalized spacial score (nSPS) is 10.7. The van der Waals surface area contributed by atoms with Gasteiger partial charge in [0.25, 0.3) is 5.91 Å². The Kier molecular flexibility index (Phi) is 4.57. The van der Waals surface area contributed by atoms with Gasteiger partial charge in [-0.3, -0.25) is 4.79 Å². The van der Waals surface area contributed by atoms with Crippen molar-refractivity contribution in [3.63, 3.8) is 0 Å². The van der Waals surface area contributed by atoms with Crippen molar-refractivity contribution in [1.29, 1.82) is 0 Å². The highest BCUT2D eigenvalue weighted by molar-refractivity contribution is 5.94. The van der Waals surface area contributed by atoms with Gasteiger partial charge in [0.1, 0.15) is 11.6 Å². The fraction of sp³-hybridized carbons (Fsp3) is 0.417. The van der Waals surface area contributed by atoms with E-state index >= 15 is 0 Å². The zero-order valence-electron chi connectivity index (χ0n) is 9.91. The quantitative estimate of drug-likeness (QED) is 0.874. The second-order valence-corrected chi connectivity index (χ2v) is 4.01. The summed E-state index contributed by atoms with van der Waals surface area (Å²) in [6.07, 6.45) is 0. The van der Waals surface area contributed by atoms with Crippen LogP contribution in [0.25, 0.3) is 0 Å². The molecule has 3 nitrogen and oxygen atoms in total. The molecule has 0 radical (unpaired) electrons. The van der Waals surface area contributed by atoms with E-state index in [2.05, 4.69) is 0 Å². The Hall–Kier alpha value is -1.49. The van der Waals surface area contributed by atoms with Crippen molar-refractivity contribution in [1.82, 2.24) is 4.90 Å². The van der Waals surface area contributed by atoms with E-state index in [1.54, 1.807) is 13.8 Å². The minimum Gasteiger partial charge on any atom is -0.335 e. The topological polar surface area (TPSA) is 46.3 Å². The van der Waals surface area contributed by atoms with Crippen LogP contribution >= 0.6 is 0 Å². The smallest absolute Gasteiger partial charge is 0.257 e. The van der Waals surface area contributed by atoms with Crippen LogP contribution in [0.15, 0.2) is 18.2 Å². The summed E-state index contributed by atoms with van der Waals surface area (Å²) < 4.78 is 26.4. The standard InChI is InChI=1S/C12H16F2N2O/c1-8(2)16(6-5-15)12(17)10-7-9(13)3-4-11(10)14/h3-4,7-8H,5-6,15H2,1-2H3. The van der Waals surface area contributed by atoms with Crippen LogP contribution in [0.1, 0.15) is 24.2 Å². The Labute approximate surface area is 99.2 Å². The van der Waals surface area contributed by atoms with Crippen LogP contribution < -0.4 is 5.73 Å². The monoisotopic (exact) mass is 242 g/mol. The summed E-state index contributed by atoms with van der Waals surface area (Å²) in [5.41, 5.74) is 5.13. The molecule has 94 valence electrons. The number of carbonyl (C=O) groups excluding carboxylic acids is 1. The zero-order valence-corrected chi connectivity index (χ0v) is 9.91. The van der Waals surface area contributed by atoms with Gasteiger partial charge in [-0.1, -0.05) is 0 Å². The number of nitrogens with zero attached hydrogens (tertiary/aromatic N) is 1. The Balaban J connectivity index is 3.04. The summed E-state index contributed by atoms with van der Waals surface area (Å²) in [5, 5.41) is 0. The van der Waals surface area contributed by atoms with Crippen LogP contribution in [0.3, 0.4) is 0 Å². The summed E-state index contributed by atoms with van der Waals surface area (Å²) in [6, 6.07) is 2.72. The highest BCUT2D eigenvalue weighted by Gasteiger charge is 2.21. The van der Waals surface area contributed by atoms with Gasteiger partial charge in [0.2, 0.25) is 0 Å². The van der Waals surface area contributed by atoms with Gasteiger partial charge < -0.3 is 10.6 Å². The fourth-order valence-electron chi connectivity index (χ4n) is 1.55. The van der Waals surface area contributed by atoms with Gasteiger partial charge in [0, 0.05) is 19.1 Å². The average molecular weight is 242 g/mol. The first-order chi connectivity index (χ1) is 7.97. The van der Waals surface area contributed by atoms with Crippen molar-refractivity contribution in [2.24, 2.45) is 5.73 Å². The highest BCUT2D eigenvalue weighted by atomic mass is 19.1. The van der Waals surface area contributed by atoms with Crippen LogP contribution in [-0.4, -0.2) is 29.9 Å². The third-order valence-corrected chi connectivity index (χ3v) is 2.41. The minimum atomic E-state index is -0.723. The van der Waals surface area contributed by atoms with E-state index in [4.69, 9.17) is 5.73 Å². The van der Waals surface area contributed by atoms with E-state index in [1.807, 2.05) is 0 Å². The second kappa shape index (κ2) is 5.72. The van der Waals surface area contributed by atoms with Crippen LogP contribution in [0.5, 0.6) is 0 Å². The SMILES string of the molecule is CC(C)N(CCN)C(=O)c1cc(F)ccc1F. The number of amides is 1. The lowest BCUT2D eigenvalue weighted by molar-refractivity contribution is 0.0706. The number of halogens is 2. The molecular weight excluding hydrogens is 226 g/mol. The van der Waals surface area contributed by atoms with Crippen LogP contribution in [0, 0.1) is 11.6 Å². The van der Waals surface area contributed by atoms with Gasteiger partial charge in [0.05, 0.1) is 5.56 Å². The number of benzene rings is 1. The fourth-order valence-corrected chi connectivity index (χ4v) is 1.55. The molecular formula is C12H16F2N2O. The third kappa shape index (κ3) is 3.23. The molecule has 1 rings (SSSR count). The van der Waals surface area contributed by atoms with Crippen molar-refractivity contribution in [3.05, 3.63) is 35.4 Å². The molecule has 0 unspecified atom stereocenters. The third-order valence-electron chi connectivity index (χ3n) is 2.41. The Morgan fingerprint density at radius 1 is 1.41 bits per heavy atom. The molecule has 0 saturated carbocycles. The van der Waals surface area contributed by atoms with Crippen molar-refractivity contribution in [3.8, 4) is 0 Å². The zero-order chi connectivity index (χ0) is 13.0. The first-order valence-electron chi connectivity index (χ1n) is 5.43. The maximum Gasteiger partial charge on any atom is 0.257 e. The van der Waals surface area contributed by atoms with Gasteiger partial charge in [-0.2, -0.15) is 0 Å². The first kappa shape index (κ1) is 13.6. The second-order valence-electron chi connectivity index (χ2n) is 4.01. The molecule has 0 aliphatic rings. The molecule has 0 spiro atoms. The maximum atomic E-state index is 13.4. The largest absolute Gasteiger partial charge is 0.335 e. The molecule has 0 saturated heterocycles. The number of carbonyl (C=O) groups is 1. The summed E-state index contributed by atoms with van der Waals surface area (Å²) in [4.78, 5) is 13.4. The first-order valence-corrected chi connectivity index (χ1v) is 5.43. The summed E-state index contributed by atoms with van der Waals surface area (Å²) in [5.74, 6) is -1.90. The van der Waals surface area contributed by atoms with E-state index < -0.39 is 17.5 Å². The molecule has 1 amide bonds. The predicted octanol–water partition coefficient (Wildman–Crippen LogP) is 1.77. The minimum absolute atomic E-state index is 0.117. The van der Waals surface area contributed by atoms with Crippen LogP contribution in [0.4, 0.5) is 8.78 Å². The van der Waals surface area contributed by atoms with Gasteiger partial charge in [-0.15, -0.1) is 0 Å². The number of rotatable bonds is 4. The van der Waals surface area contributed by atoms with E-state index in [0.29, 0.717) is 6.54 Å². The van der Waals surface area contributed by atoms with Crippen molar-refractivity contribution >= 4 is 5.91 Å². The molecule has 0 aliphatic carbocycles. The molecule has 0 bridgehead atoms. The number of hydrogen-bond acceptors (Lipinski definition) is 2. The van der Waals surface area contributed by atoms with Gasteiger partial charge >= 0.3 is 0 Å². The van der Waals surface area contributed by atoms with Crippen LogP contribution in [-0.2, 0) is 0 Å². The van der Waals surface area contributed by atoms with Gasteiger partial charge in [0.15, 0.2) is 0 Å².